The van der Waals surface area contributed by atoms with E-state index >= 15 is 0 Å². The molecule has 2 aromatic rings. The average Bonchev–Trinajstić information content (AvgIpc) is 3.22. The third-order valence-corrected chi connectivity index (χ3v) is 7.11. The minimum atomic E-state index is -0.880. The monoisotopic (exact) mass is 463 g/mol. The highest BCUT2D eigenvalue weighted by Gasteiger charge is 2.17. The van der Waals surface area contributed by atoms with Gasteiger partial charge in [0.25, 0.3) is 0 Å². The number of aromatic nitrogens is 1. The van der Waals surface area contributed by atoms with Crippen LogP contribution >= 0.6 is 51.4 Å². The van der Waals surface area contributed by atoms with Gasteiger partial charge >= 0.3 is 5.97 Å². The van der Waals surface area contributed by atoms with Crippen LogP contribution in [0.1, 0.15) is 35.4 Å². The molecule has 1 aliphatic rings. The van der Waals surface area contributed by atoms with Crippen LogP contribution in [0.25, 0.3) is 11.3 Å². The predicted octanol–water partition coefficient (Wildman–Crippen LogP) is 4.81. The van der Waals surface area contributed by atoms with Crippen molar-refractivity contribution in [3.05, 3.63) is 16.3 Å². The van der Waals surface area contributed by atoms with Gasteiger partial charge in [-0.1, -0.05) is 6.42 Å². The quantitative estimate of drug-likeness (QED) is 0.511. The van der Waals surface area contributed by atoms with Crippen molar-refractivity contribution in [2.24, 2.45) is 0 Å². The summed E-state index contributed by atoms with van der Waals surface area (Å²) in [5, 5.41) is 19.0. The molecule has 1 atom stereocenters. The molecule has 1 fully saturated rings. The molecule has 0 aromatic carbocycles. The van der Waals surface area contributed by atoms with Crippen molar-refractivity contribution in [2.75, 3.05) is 24.7 Å². The molecule has 1 aliphatic heterocycles. The SMILES string of the molecule is Br.CSc1sc(C(=O)O)cc1-c1csc(NCCC2CCCCN2)n1. The summed E-state index contributed by atoms with van der Waals surface area (Å²) in [5.74, 6) is -0.880. The largest absolute Gasteiger partial charge is 0.477 e. The molecule has 0 saturated carbocycles. The summed E-state index contributed by atoms with van der Waals surface area (Å²) in [4.78, 5) is 16.2. The standard InChI is InChI=1S/C16H21N3O2S3.BrH/c1-22-15-11(8-13(24-15)14(20)21)12-9-23-16(19-12)18-7-5-10-4-2-3-6-17-10;/h8-10,17H,2-7H2,1H3,(H,18,19)(H,20,21);1H. The Hall–Kier alpha value is -0.610. The van der Waals surface area contributed by atoms with Gasteiger partial charge in [-0.05, 0) is 38.1 Å². The molecule has 0 bridgehead atoms. The molecular weight excluding hydrogens is 442 g/mol. The van der Waals surface area contributed by atoms with E-state index in [9.17, 15) is 9.90 Å². The summed E-state index contributed by atoms with van der Waals surface area (Å²) in [7, 11) is 0. The van der Waals surface area contributed by atoms with Crippen molar-refractivity contribution in [1.29, 1.82) is 0 Å². The Balaban J connectivity index is 0.00000225. The molecule has 2 aromatic heterocycles. The van der Waals surface area contributed by atoms with Gasteiger partial charge in [0.2, 0.25) is 0 Å². The van der Waals surface area contributed by atoms with Gasteiger partial charge in [-0.3, -0.25) is 0 Å². The summed E-state index contributed by atoms with van der Waals surface area (Å²) in [6, 6.07) is 2.34. The van der Waals surface area contributed by atoms with E-state index < -0.39 is 5.97 Å². The first-order valence-electron chi connectivity index (χ1n) is 8.01. The number of aromatic carboxylic acids is 1. The Morgan fingerprint density at radius 1 is 1.52 bits per heavy atom. The summed E-state index contributed by atoms with van der Waals surface area (Å²) < 4.78 is 0.996. The Morgan fingerprint density at radius 3 is 3.04 bits per heavy atom. The number of thiophene rings is 1. The van der Waals surface area contributed by atoms with E-state index in [0.29, 0.717) is 10.9 Å². The fourth-order valence-electron chi connectivity index (χ4n) is 2.81. The number of carboxylic acids is 1. The Labute approximate surface area is 170 Å². The number of rotatable bonds is 7. The fraction of sp³-hybridized carbons (Fsp3) is 0.500. The minimum absolute atomic E-state index is 0. The van der Waals surface area contributed by atoms with E-state index in [4.69, 9.17) is 0 Å². The lowest BCUT2D eigenvalue weighted by atomic mass is 10.0. The third-order valence-electron chi connectivity index (χ3n) is 4.06. The van der Waals surface area contributed by atoms with E-state index in [-0.39, 0.29) is 17.0 Å². The molecule has 5 nitrogen and oxygen atoms in total. The number of carboxylic acid groups (broad SMARTS) is 1. The molecule has 3 heterocycles. The zero-order valence-electron chi connectivity index (χ0n) is 13.9. The van der Waals surface area contributed by atoms with Crippen LogP contribution < -0.4 is 10.6 Å². The topological polar surface area (TPSA) is 74.2 Å². The number of nitrogens with one attached hydrogen (secondary N) is 2. The number of nitrogens with zero attached hydrogens (tertiary/aromatic N) is 1. The summed E-state index contributed by atoms with van der Waals surface area (Å²) in [6.45, 7) is 2.04. The van der Waals surface area contributed by atoms with E-state index in [1.165, 1.54) is 30.6 Å². The van der Waals surface area contributed by atoms with Crippen LogP contribution in [0.2, 0.25) is 0 Å². The van der Waals surface area contributed by atoms with Gasteiger partial charge < -0.3 is 15.7 Å². The van der Waals surface area contributed by atoms with Crippen molar-refractivity contribution >= 4 is 62.5 Å². The molecule has 3 N–H and O–H groups in total. The highest BCUT2D eigenvalue weighted by molar-refractivity contribution is 8.93. The number of anilines is 1. The van der Waals surface area contributed by atoms with E-state index in [1.54, 1.807) is 29.2 Å². The van der Waals surface area contributed by atoms with Crippen molar-refractivity contribution < 1.29 is 9.90 Å². The number of piperidine rings is 1. The first-order chi connectivity index (χ1) is 11.7. The molecule has 0 aliphatic carbocycles. The molecule has 138 valence electrons. The molecule has 9 heteroatoms. The number of halogens is 1. The normalized spacial score (nSPS) is 17.1. The molecular formula is C16H22BrN3O2S3. The van der Waals surface area contributed by atoms with Gasteiger partial charge in [-0.25, -0.2) is 9.78 Å². The van der Waals surface area contributed by atoms with Crippen molar-refractivity contribution in [3.8, 4) is 11.3 Å². The van der Waals surface area contributed by atoms with Gasteiger partial charge in [-0.15, -0.1) is 51.4 Å². The summed E-state index contributed by atoms with van der Waals surface area (Å²) in [5.41, 5.74) is 1.77. The van der Waals surface area contributed by atoms with Crippen LogP contribution in [-0.2, 0) is 0 Å². The third kappa shape index (κ3) is 5.43. The van der Waals surface area contributed by atoms with Crippen molar-refractivity contribution in [1.82, 2.24) is 10.3 Å². The van der Waals surface area contributed by atoms with Crippen LogP contribution in [0, 0.1) is 0 Å². The first-order valence-corrected chi connectivity index (χ1v) is 10.9. The molecule has 0 radical (unpaired) electrons. The molecule has 25 heavy (non-hydrogen) atoms. The van der Waals surface area contributed by atoms with Gasteiger partial charge in [0.15, 0.2) is 5.13 Å². The fourth-order valence-corrected chi connectivity index (χ4v) is 5.27. The molecule has 3 rings (SSSR count). The minimum Gasteiger partial charge on any atom is -0.477 e. The van der Waals surface area contributed by atoms with Crippen LogP contribution in [0.5, 0.6) is 0 Å². The maximum absolute atomic E-state index is 11.2. The number of hydrogen-bond acceptors (Lipinski definition) is 7. The number of carbonyl (C=O) groups is 1. The second kappa shape index (κ2) is 9.91. The van der Waals surface area contributed by atoms with Crippen LogP contribution in [0.3, 0.4) is 0 Å². The van der Waals surface area contributed by atoms with Gasteiger partial charge in [0, 0.05) is 23.5 Å². The van der Waals surface area contributed by atoms with E-state index in [1.807, 2.05) is 11.6 Å². The van der Waals surface area contributed by atoms with Gasteiger partial charge in [-0.2, -0.15) is 0 Å². The van der Waals surface area contributed by atoms with Crippen LogP contribution in [0.15, 0.2) is 15.7 Å². The lowest BCUT2D eigenvalue weighted by Crippen LogP contribution is -2.35. The molecule has 0 spiro atoms. The Morgan fingerprint density at radius 2 is 2.36 bits per heavy atom. The maximum Gasteiger partial charge on any atom is 0.345 e. The Bertz CT molecular complexity index is 699. The lowest BCUT2D eigenvalue weighted by Gasteiger charge is -2.23. The molecule has 1 saturated heterocycles. The van der Waals surface area contributed by atoms with Gasteiger partial charge in [0.1, 0.15) is 4.88 Å². The highest BCUT2D eigenvalue weighted by Crippen LogP contribution is 2.38. The van der Waals surface area contributed by atoms with Crippen molar-refractivity contribution in [2.45, 2.75) is 35.9 Å². The maximum atomic E-state index is 11.2. The molecule has 0 amide bonds. The first kappa shape index (κ1) is 20.7. The van der Waals surface area contributed by atoms with E-state index in [0.717, 1.165) is 40.1 Å². The Kier molecular flexibility index (Phi) is 8.21. The zero-order chi connectivity index (χ0) is 16.9. The lowest BCUT2D eigenvalue weighted by molar-refractivity contribution is 0.0702. The smallest absolute Gasteiger partial charge is 0.345 e. The van der Waals surface area contributed by atoms with Crippen molar-refractivity contribution in [3.63, 3.8) is 0 Å². The zero-order valence-corrected chi connectivity index (χ0v) is 18.1. The highest BCUT2D eigenvalue weighted by atomic mass is 79.9. The molecule has 1 unspecified atom stereocenters. The van der Waals surface area contributed by atoms with Crippen LogP contribution in [0.4, 0.5) is 5.13 Å². The average molecular weight is 464 g/mol. The van der Waals surface area contributed by atoms with E-state index in [2.05, 4.69) is 15.6 Å². The number of thioether (sulfide) groups is 1. The second-order valence-electron chi connectivity index (χ2n) is 5.72. The summed E-state index contributed by atoms with van der Waals surface area (Å²) in [6.07, 6.45) is 6.93. The van der Waals surface area contributed by atoms with Gasteiger partial charge in [0.05, 0.1) is 9.90 Å². The predicted molar refractivity (Wildman–Crippen MR) is 113 cm³/mol. The summed E-state index contributed by atoms with van der Waals surface area (Å²) >= 11 is 4.45. The number of thiazole rings is 1. The second-order valence-corrected chi connectivity index (χ2v) is 8.71. The number of hydrogen-bond donors (Lipinski definition) is 3. The van der Waals surface area contributed by atoms with Crippen LogP contribution in [-0.4, -0.2) is 41.4 Å².